The third-order valence-electron chi connectivity index (χ3n) is 3.89. The summed E-state index contributed by atoms with van der Waals surface area (Å²) in [6.07, 6.45) is 3.87. The summed E-state index contributed by atoms with van der Waals surface area (Å²) in [5.41, 5.74) is 1.23. The minimum absolute atomic E-state index is 0.0218. The Kier molecular flexibility index (Phi) is 6.03. The normalized spacial score (nSPS) is 14.1. The van der Waals surface area contributed by atoms with E-state index in [2.05, 4.69) is 6.92 Å². The van der Waals surface area contributed by atoms with E-state index < -0.39 is 11.4 Å². The number of benzene rings is 1. The number of unbranched alkanes of at least 4 members (excludes halogenated alkanes) is 1. The highest BCUT2D eigenvalue weighted by atomic mass is 16.4. The first-order valence-corrected chi connectivity index (χ1v) is 7.00. The van der Waals surface area contributed by atoms with Gasteiger partial charge in [-0.05, 0) is 30.4 Å². The summed E-state index contributed by atoms with van der Waals surface area (Å²) in [5.74, 6) is -0.699. The van der Waals surface area contributed by atoms with Crippen LogP contribution in [0.2, 0.25) is 0 Å². The predicted molar refractivity (Wildman–Crippen MR) is 76.0 cm³/mol. The molecule has 0 aliphatic carbocycles. The molecule has 19 heavy (non-hydrogen) atoms. The zero-order chi connectivity index (χ0) is 14.3. The summed E-state index contributed by atoms with van der Waals surface area (Å²) in [6, 6.07) is 7.56. The van der Waals surface area contributed by atoms with Crippen LogP contribution >= 0.6 is 0 Å². The van der Waals surface area contributed by atoms with Gasteiger partial charge in [0.05, 0.1) is 12.0 Å². The smallest absolute Gasteiger partial charge is 0.309 e. The Hall–Kier alpha value is -1.35. The zero-order valence-electron chi connectivity index (χ0n) is 11.9. The van der Waals surface area contributed by atoms with Crippen LogP contribution in [0, 0.1) is 5.41 Å². The van der Waals surface area contributed by atoms with Crippen LogP contribution in [0.25, 0.3) is 0 Å². The number of aliphatic hydroxyl groups excluding tert-OH is 1. The number of aliphatic carboxylic acids is 1. The lowest BCUT2D eigenvalue weighted by Crippen LogP contribution is -2.32. The predicted octanol–water partition coefficient (Wildman–Crippen LogP) is 3.39. The summed E-state index contributed by atoms with van der Waals surface area (Å²) in [7, 11) is 0. The van der Waals surface area contributed by atoms with Gasteiger partial charge in [0.2, 0.25) is 0 Å². The number of carboxylic acids is 1. The third-order valence-corrected chi connectivity index (χ3v) is 3.89. The Bertz CT molecular complexity index is 397. The highest BCUT2D eigenvalue weighted by Crippen LogP contribution is 2.33. The van der Waals surface area contributed by atoms with Crippen LogP contribution in [0.3, 0.4) is 0 Å². The second-order valence-corrected chi connectivity index (χ2v) is 5.19. The molecule has 0 spiro atoms. The van der Waals surface area contributed by atoms with E-state index in [1.807, 2.05) is 31.2 Å². The third kappa shape index (κ3) is 4.06. The molecule has 0 saturated carbocycles. The van der Waals surface area contributed by atoms with Crippen LogP contribution in [0.1, 0.15) is 50.7 Å². The molecule has 0 radical (unpaired) electrons. The van der Waals surface area contributed by atoms with Crippen molar-refractivity contribution in [1.29, 1.82) is 0 Å². The van der Waals surface area contributed by atoms with Crippen molar-refractivity contribution < 1.29 is 15.0 Å². The van der Waals surface area contributed by atoms with E-state index in [1.165, 1.54) is 0 Å². The first-order chi connectivity index (χ1) is 9.07. The molecule has 0 fully saturated rings. The van der Waals surface area contributed by atoms with Crippen LogP contribution in [-0.4, -0.2) is 16.2 Å². The lowest BCUT2D eigenvalue weighted by molar-refractivity contribution is -0.149. The van der Waals surface area contributed by atoms with Crippen molar-refractivity contribution in [3.8, 4) is 0 Å². The number of hydrogen-bond donors (Lipinski definition) is 2. The van der Waals surface area contributed by atoms with Crippen molar-refractivity contribution in [2.45, 2.75) is 52.6 Å². The van der Waals surface area contributed by atoms with Crippen LogP contribution in [0.5, 0.6) is 0 Å². The molecule has 0 aliphatic rings. The summed E-state index contributed by atoms with van der Waals surface area (Å²) >= 11 is 0. The zero-order valence-corrected chi connectivity index (χ0v) is 11.9. The first kappa shape index (κ1) is 15.7. The Morgan fingerprint density at radius 2 is 1.74 bits per heavy atom. The molecule has 1 aromatic carbocycles. The molecule has 3 nitrogen and oxygen atoms in total. The summed E-state index contributed by atoms with van der Waals surface area (Å²) in [5, 5.41) is 18.6. The molecule has 0 amide bonds. The number of hydrogen-bond acceptors (Lipinski definition) is 2. The lowest BCUT2D eigenvalue weighted by Gasteiger charge is -2.28. The molecule has 1 aromatic rings. The van der Waals surface area contributed by atoms with Crippen molar-refractivity contribution in [3.63, 3.8) is 0 Å². The summed E-state index contributed by atoms with van der Waals surface area (Å²) in [6.45, 7) is 4.05. The Morgan fingerprint density at radius 3 is 2.16 bits per heavy atom. The van der Waals surface area contributed by atoms with E-state index in [1.54, 1.807) is 0 Å². The van der Waals surface area contributed by atoms with Crippen LogP contribution < -0.4 is 0 Å². The molecule has 2 N–H and O–H groups in total. The van der Waals surface area contributed by atoms with Crippen LogP contribution in [0.4, 0.5) is 0 Å². The highest BCUT2D eigenvalue weighted by Gasteiger charge is 2.35. The van der Waals surface area contributed by atoms with Crippen LogP contribution in [0.15, 0.2) is 24.3 Å². The molecule has 0 heterocycles. The van der Waals surface area contributed by atoms with E-state index in [9.17, 15) is 9.90 Å². The van der Waals surface area contributed by atoms with E-state index in [0.717, 1.165) is 30.4 Å². The molecule has 0 aliphatic heterocycles. The van der Waals surface area contributed by atoms with E-state index in [-0.39, 0.29) is 6.61 Å². The summed E-state index contributed by atoms with van der Waals surface area (Å²) < 4.78 is 0. The van der Waals surface area contributed by atoms with Gasteiger partial charge in [-0.2, -0.15) is 0 Å². The Morgan fingerprint density at radius 1 is 1.16 bits per heavy atom. The standard InChI is InChI=1S/C16H24O3/c1-3-5-10-16(4-2,15(18)19)11-13-6-8-14(12-17)9-7-13/h6-9,17H,3-5,10-12H2,1-2H3,(H,18,19). The maximum absolute atomic E-state index is 11.6. The number of carbonyl (C=O) groups is 1. The fourth-order valence-corrected chi connectivity index (χ4v) is 2.39. The van der Waals surface area contributed by atoms with Crippen molar-refractivity contribution in [1.82, 2.24) is 0 Å². The quantitative estimate of drug-likeness (QED) is 0.756. The fourth-order valence-electron chi connectivity index (χ4n) is 2.39. The second-order valence-electron chi connectivity index (χ2n) is 5.19. The molecule has 106 valence electrons. The average Bonchev–Trinajstić information content (AvgIpc) is 2.44. The van der Waals surface area contributed by atoms with Crippen molar-refractivity contribution in [2.75, 3.05) is 0 Å². The van der Waals surface area contributed by atoms with E-state index in [0.29, 0.717) is 12.8 Å². The number of rotatable bonds is 8. The van der Waals surface area contributed by atoms with Gasteiger partial charge < -0.3 is 10.2 Å². The van der Waals surface area contributed by atoms with Crippen molar-refractivity contribution in [3.05, 3.63) is 35.4 Å². The van der Waals surface area contributed by atoms with Gasteiger partial charge in [-0.1, -0.05) is 51.0 Å². The molecule has 1 atom stereocenters. The van der Waals surface area contributed by atoms with Gasteiger partial charge in [0.1, 0.15) is 0 Å². The first-order valence-electron chi connectivity index (χ1n) is 7.00. The molecule has 1 rings (SSSR count). The molecule has 0 aromatic heterocycles. The van der Waals surface area contributed by atoms with Gasteiger partial charge in [-0.25, -0.2) is 0 Å². The minimum Gasteiger partial charge on any atom is -0.481 e. The maximum atomic E-state index is 11.6. The Labute approximate surface area is 115 Å². The largest absolute Gasteiger partial charge is 0.481 e. The van der Waals surface area contributed by atoms with Gasteiger partial charge in [0.25, 0.3) is 0 Å². The molecular weight excluding hydrogens is 240 g/mol. The molecule has 0 bridgehead atoms. The average molecular weight is 264 g/mol. The van der Waals surface area contributed by atoms with E-state index >= 15 is 0 Å². The lowest BCUT2D eigenvalue weighted by atomic mass is 9.75. The van der Waals surface area contributed by atoms with E-state index in [4.69, 9.17) is 5.11 Å². The maximum Gasteiger partial charge on any atom is 0.309 e. The van der Waals surface area contributed by atoms with Gasteiger partial charge in [-0.15, -0.1) is 0 Å². The Balaban J connectivity index is 2.88. The fraction of sp³-hybridized carbons (Fsp3) is 0.562. The highest BCUT2D eigenvalue weighted by molar-refractivity contribution is 5.75. The van der Waals surface area contributed by atoms with Gasteiger partial charge in [0.15, 0.2) is 0 Å². The topological polar surface area (TPSA) is 57.5 Å². The molecule has 1 unspecified atom stereocenters. The molecular formula is C16H24O3. The van der Waals surface area contributed by atoms with Crippen LogP contribution in [-0.2, 0) is 17.8 Å². The molecule has 0 saturated heterocycles. The molecule has 3 heteroatoms. The van der Waals surface area contributed by atoms with Crippen molar-refractivity contribution in [2.24, 2.45) is 5.41 Å². The van der Waals surface area contributed by atoms with Gasteiger partial charge in [0, 0.05) is 0 Å². The summed E-state index contributed by atoms with van der Waals surface area (Å²) in [4.78, 5) is 11.6. The number of carboxylic acid groups (broad SMARTS) is 1. The van der Waals surface area contributed by atoms with Crippen molar-refractivity contribution >= 4 is 5.97 Å². The monoisotopic (exact) mass is 264 g/mol. The second kappa shape index (κ2) is 7.29. The number of aliphatic hydroxyl groups is 1. The SMILES string of the molecule is CCCCC(CC)(Cc1ccc(CO)cc1)C(=O)O. The minimum atomic E-state index is -0.699. The van der Waals surface area contributed by atoms with Gasteiger partial charge >= 0.3 is 5.97 Å². The van der Waals surface area contributed by atoms with Gasteiger partial charge in [-0.3, -0.25) is 4.79 Å².